The Balaban J connectivity index is 3.42. The Morgan fingerprint density at radius 3 is 1.18 bits per heavy atom. The predicted octanol–water partition coefficient (Wildman–Crippen LogP) is -9.32. The molecule has 452 valence electrons. The highest BCUT2D eigenvalue weighted by Gasteiger charge is 2.35. The van der Waals surface area contributed by atoms with Crippen molar-refractivity contribution in [1.82, 2.24) is 53.2 Å². The third-order valence-corrected chi connectivity index (χ3v) is 11.9. The van der Waals surface area contributed by atoms with Crippen LogP contribution < -0.4 is 93.3 Å². The second-order valence-corrected chi connectivity index (χ2v) is 19.2. The molecule has 0 aromatic rings. The van der Waals surface area contributed by atoms with E-state index in [1.807, 2.05) is 0 Å². The number of carboxylic acid groups (broad SMARTS) is 1. The molecule has 0 aromatic heterocycles. The van der Waals surface area contributed by atoms with Crippen molar-refractivity contribution < 1.29 is 68.1 Å². The van der Waals surface area contributed by atoms with Gasteiger partial charge in [0.15, 0.2) is 17.9 Å². The van der Waals surface area contributed by atoms with Crippen molar-refractivity contribution in [2.24, 2.45) is 61.0 Å². The van der Waals surface area contributed by atoms with Gasteiger partial charge < -0.3 is 109 Å². The Bertz CT molecular complexity index is 2200. The molecule has 0 spiro atoms. The Hall–Kier alpha value is -8.14. The number of aliphatic hydroxyl groups excluding tert-OH is 2. The summed E-state index contributed by atoms with van der Waals surface area (Å²) < 4.78 is 0. The van der Waals surface area contributed by atoms with E-state index in [1.54, 1.807) is 13.8 Å². The molecule has 0 radical (unpaired) electrons. The zero-order valence-electron chi connectivity index (χ0n) is 45.6. The molecule has 0 aliphatic carbocycles. The molecule has 10 atom stereocenters. The summed E-state index contributed by atoms with van der Waals surface area (Å²) in [6.07, 6.45) is 0.421. The van der Waals surface area contributed by atoms with E-state index in [9.17, 15) is 68.1 Å². The summed E-state index contributed by atoms with van der Waals surface area (Å²) in [7, 11) is 0. The number of hydrogen-bond acceptors (Lipinski definition) is 17. The van der Waals surface area contributed by atoms with Crippen LogP contribution in [0.4, 0.5) is 0 Å². The molecule has 80 heavy (non-hydrogen) atoms. The van der Waals surface area contributed by atoms with Crippen LogP contribution in [0.15, 0.2) is 15.0 Å². The standard InChI is InChI=1S/C46H84N20O14/c1-22(2)19-30(40(76)66-32(21-68)42(78)59-24(4)43(79)80)64-37(73)26(10-6-16-55-44(48)49)60-34(70)23(3)58-41(77)31(20-67)65-38(74)28(12-8-18-57-46(52)53)61-36(72)27(11-7-17-56-45(50)51)62-39(75)29(13-14-33(47)69)63-35(71)25-9-5-15-54-25/h22-32,54,67-68H,5-21H2,1-4H3,(H2,47,69)(H,58,77)(H,59,78)(H,60,70)(H,61,72)(H,62,75)(H,63,71)(H,64,73)(H,65,74)(H,66,76)(H,79,80)(H4,48,49,55)(H4,50,51,56)(H4,52,53,57)/t23-,24-,25-,26-,27-,28-,29-,30-,31-,32-/m0/s1. The molecule has 27 N–H and O–H groups in total. The van der Waals surface area contributed by atoms with Crippen LogP contribution in [0.5, 0.6) is 0 Å². The summed E-state index contributed by atoms with van der Waals surface area (Å²) in [5, 5.41) is 54.2. The Morgan fingerprint density at radius 2 is 0.825 bits per heavy atom. The average molecular weight is 1140 g/mol. The van der Waals surface area contributed by atoms with E-state index in [2.05, 4.69) is 68.1 Å². The first-order valence-electron chi connectivity index (χ1n) is 26.0. The molecule has 34 heteroatoms. The average Bonchev–Trinajstić information content (AvgIpc) is 3.93. The van der Waals surface area contributed by atoms with Gasteiger partial charge in [0.25, 0.3) is 0 Å². The van der Waals surface area contributed by atoms with Crippen LogP contribution in [0.25, 0.3) is 0 Å². The molecule has 0 unspecified atom stereocenters. The number of aliphatic imine (C=N–C) groups is 3. The SMILES string of the molecule is CC(C)C[C@H](NC(=O)[C@H](CCCN=C(N)N)NC(=O)[C@H](C)NC(=O)[C@H](CO)NC(=O)[C@H](CCCN=C(N)N)NC(=O)[C@H](CCCN=C(N)N)NC(=O)[C@H](CCC(N)=O)NC(=O)[C@@H]1CCCN1)C(=O)N[C@@H](CO)C(=O)N[C@@H](C)C(=O)O. The molecule has 34 nitrogen and oxygen atoms in total. The molecule has 1 aliphatic heterocycles. The van der Waals surface area contributed by atoms with Crippen LogP contribution >= 0.6 is 0 Å². The lowest BCUT2D eigenvalue weighted by Crippen LogP contribution is -2.61. The molecular formula is C46H84N20O14. The highest BCUT2D eigenvalue weighted by molar-refractivity contribution is 5.98. The molecule has 1 saturated heterocycles. The number of aliphatic hydroxyl groups is 2. The van der Waals surface area contributed by atoms with Gasteiger partial charge in [-0.25, -0.2) is 0 Å². The molecule has 1 rings (SSSR count). The second kappa shape index (κ2) is 36.9. The van der Waals surface area contributed by atoms with E-state index in [0.29, 0.717) is 19.4 Å². The first-order valence-corrected chi connectivity index (χ1v) is 26.0. The van der Waals surface area contributed by atoms with Crippen LogP contribution in [0.1, 0.15) is 98.3 Å². The number of hydrogen-bond donors (Lipinski definition) is 20. The van der Waals surface area contributed by atoms with Gasteiger partial charge >= 0.3 is 5.97 Å². The zero-order valence-corrected chi connectivity index (χ0v) is 45.6. The quantitative estimate of drug-likeness (QED) is 0.0155. The second-order valence-electron chi connectivity index (χ2n) is 19.2. The van der Waals surface area contributed by atoms with Gasteiger partial charge in [-0.2, -0.15) is 0 Å². The summed E-state index contributed by atoms with van der Waals surface area (Å²) in [5.41, 5.74) is 38.1. The van der Waals surface area contributed by atoms with Crippen LogP contribution in [-0.2, 0) is 52.7 Å². The van der Waals surface area contributed by atoms with Crippen LogP contribution in [-0.4, -0.2) is 198 Å². The number of amides is 10. The number of nitrogens with one attached hydrogen (secondary N) is 10. The van der Waals surface area contributed by atoms with Crippen molar-refractivity contribution in [3.63, 3.8) is 0 Å². The van der Waals surface area contributed by atoms with Crippen molar-refractivity contribution in [1.29, 1.82) is 0 Å². The molecule has 1 aliphatic rings. The highest BCUT2D eigenvalue weighted by atomic mass is 16.4. The smallest absolute Gasteiger partial charge is 0.325 e. The van der Waals surface area contributed by atoms with Crippen LogP contribution in [0, 0.1) is 5.92 Å². The number of guanidine groups is 3. The summed E-state index contributed by atoms with van der Waals surface area (Å²) in [5.74, 6) is -11.5. The maximum atomic E-state index is 14.1. The zero-order chi connectivity index (χ0) is 60.6. The first kappa shape index (κ1) is 69.9. The van der Waals surface area contributed by atoms with Gasteiger partial charge in [0.1, 0.15) is 54.4 Å². The number of rotatable bonds is 38. The third-order valence-electron chi connectivity index (χ3n) is 11.9. The minimum absolute atomic E-state index is 0.00231. The fourth-order valence-electron chi connectivity index (χ4n) is 7.56. The molecule has 0 aromatic carbocycles. The van der Waals surface area contributed by atoms with Crippen LogP contribution in [0.3, 0.4) is 0 Å². The van der Waals surface area contributed by atoms with Gasteiger partial charge in [0.2, 0.25) is 59.1 Å². The summed E-state index contributed by atoms with van der Waals surface area (Å²) in [4.78, 5) is 157. The molecule has 1 fully saturated rings. The Morgan fingerprint density at radius 1 is 0.475 bits per heavy atom. The van der Waals surface area contributed by atoms with E-state index >= 15 is 0 Å². The molecule has 10 amide bonds. The Labute approximate surface area is 462 Å². The number of nitrogens with zero attached hydrogens (tertiary/aromatic N) is 3. The highest BCUT2D eigenvalue weighted by Crippen LogP contribution is 2.11. The Kier molecular flexibility index (Phi) is 32.2. The topological polar surface area (TPSA) is 588 Å². The van der Waals surface area contributed by atoms with E-state index in [0.717, 1.165) is 6.92 Å². The lowest BCUT2D eigenvalue weighted by atomic mass is 10.0. The maximum Gasteiger partial charge on any atom is 0.325 e. The first-order chi connectivity index (χ1) is 37.6. The van der Waals surface area contributed by atoms with E-state index in [-0.39, 0.29) is 101 Å². The number of carbonyl (C=O) groups is 11. The summed E-state index contributed by atoms with van der Waals surface area (Å²) >= 11 is 0. The monoisotopic (exact) mass is 1140 g/mol. The van der Waals surface area contributed by atoms with Crippen molar-refractivity contribution in [2.45, 2.75) is 159 Å². The fraction of sp³-hybridized carbons (Fsp3) is 0.696. The van der Waals surface area contributed by atoms with Crippen molar-refractivity contribution in [3.8, 4) is 0 Å². The van der Waals surface area contributed by atoms with Crippen molar-refractivity contribution in [2.75, 3.05) is 39.4 Å². The lowest BCUT2D eigenvalue weighted by Gasteiger charge is -2.27. The van der Waals surface area contributed by atoms with Gasteiger partial charge in [-0.15, -0.1) is 0 Å². The number of primary amides is 1. The largest absolute Gasteiger partial charge is 0.480 e. The minimum Gasteiger partial charge on any atom is -0.480 e. The molecule has 1 heterocycles. The van der Waals surface area contributed by atoms with Gasteiger partial charge in [-0.3, -0.25) is 67.7 Å². The normalized spacial score (nSPS) is 16.1. The van der Waals surface area contributed by atoms with Crippen LogP contribution in [0.2, 0.25) is 0 Å². The van der Waals surface area contributed by atoms with Gasteiger partial charge in [0, 0.05) is 26.1 Å². The predicted molar refractivity (Wildman–Crippen MR) is 289 cm³/mol. The van der Waals surface area contributed by atoms with Gasteiger partial charge in [0.05, 0.1) is 19.3 Å². The van der Waals surface area contributed by atoms with Crippen molar-refractivity contribution in [3.05, 3.63) is 0 Å². The number of carbonyl (C=O) groups excluding carboxylic acids is 10. The maximum absolute atomic E-state index is 14.1. The minimum atomic E-state index is -1.78. The van der Waals surface area contributed by atoms with E-state index in [4.69, 9.17) is 40.1 Å². The number of nitrogens with two attached hydrogens (primary N) is 7. The van der Waals surface area contributed by atoms with Gasteiger partial charge in [-0.05, 0) is 90.5 Å². The summed E-state index contributed by atoms with van der Waals surface area (Å²) in [6, 6.07) is -13.9. The van der Waals surface area contributed by atoms with Crippen molar-refractivity contribution >= 4 is 82.9 Å². The molecule has 0 bridgehead atoms. The summed E-state index contributed by atoms with van der Waals surface area (Å²) in [6.45, 7) is 4.34. The number of aliphatic carboxylic acids is 1. The molecular weight excluding hydrogens is 1060 g/mol. The third kappa shape index (κ3) is 28.0. The van der Waals surface area contributed by atoms with E-state index < -0.39 is 139 Å². The lowest BCUT2D eigenvalue weighted by molar-refractivity contribution is -0.142. The van der Waals surface area contributed by atoms with E-state index in [1.165, 1.54) is 6.92 Å². The fourth-order valence-corrected chi connectivity index (χ4v) is 7.56. The van der Waals surface area contributed by atoms with Gasteiger partial charge in [-0.1, -0.05) is 13.8 Å². The number of carboxylic acids is 1. The molecule has 0 saturated carbocycles.